The molecule has 26 heavy (non-hydrogen) atoms. The molecule has 132 valence electrons. The highest BCUT2D eigenvalue weighted by Gasteiger charge is 2.34. The van der Waals surface area contributed by atoms with Gasteiger partial charge in [0.2, 0.25) is 0 Å². The molecule has 0 radical (unpaired) electrons. The van der Waals surface area contributed by atoms with Crippen LogP contribution in [-0.2, 0) is 4.79 Å². The van der Waals surface area contributed by atoms with Gasteiger partial charge in [-0.15, -0.1) is 0 Å². The summed E-state index contributed by atoms with van der Waals surface area (Å²) in [7, 11) is 1.33. The van der Waals surface area contributed by atoms with Crippen LogP contribution in [0.5, 0.6) is 5.75 Å². The smallest absolute Gasteiger partial charge is 0.311 e. The van der Waals surface area contributed by atoms with Crippen molar-refractivity contribution in [2.24, 2.45) is 0 Å². The number of amides is 1. The van der Waals surface area contributed by atoms with E-state index in [9.17, 15) is 19.3 Å². The highest BCUT2D eigenvalue weighted by atomic mass is 32.2. The number of benzene rings is 2. The summed E-state index contributed by atoms with van der Waals surface area (Å²) in [6, 6.07) is 10.2. The number of rotatable bonds is 4. The van der Waals surface area contributed by atoms with Crippen LogP contribution < -0.4 is 9.64 Å². The van der Waals surface area contributed by atoms with Crippen LogP contribution in [0.1, 0.15) is 5.56 Å². The van der Waals surface area contributed by atoms with Crippen LogP contribution >= 0.6 is 24.0 Å². The number of nitrogens with zero attached hydrogens (tertiary/aromatic N) is 2. The minimum atomic E-state index is -0.569. The first-order chi connectivity index (χ1) is 12.4. The molecule has 1 fully saturated rings. The Morgan fingerprint density at radius 1 is 1.31 bits per heavy atom. The summed E-state index contributed by atoms with van der Waals surface area (Å²) in [5.74, 6) is -0.931. The molecule has 0 aromatic heterocycles. The van der Waals surface area contributed by atoms with Crippen LogP contribution in [-0.4, -0.2) is 22.3 Å². The zero-order valence-corrected chi connectivity index (χ0v) is 15.0. The highest BCUT2D eigenvalue weighted by molar-refractivity contribution is 8.27. The molecule has 6 nitrogen and oxygen atoms in total. The Morgan fingerprint density at radius 2 is 2.04 bits per heavy atom. The SMILES string of the molecule is COc1ccc(/C=C2\SC(=S)N(c3ccccc3F)C2=O)cc1[N+](=O)[O-]. The number of halogens is 1. The van der Waals surface area contributed by atoms with Crippen molar-refractivity contribution >= 4 is 51.7 Å². The summed E-state index contributed by atoms with van der Waals surface area (Å²) in [5, 5.41) is 11.1. The predicted molar refractivity (Wildman–Crippen MR) is 102 cm³/mol. The fourth-order valence-corrected chi connectivity index (χ4v) is 3.68. The largest absolute Gasteiger partial charge is 0.490 e. The van der Waals surface area contributed by atoms with Crippen LogP contribution in [0.25, 0.3) is 6.08 Å². The minimum absolute atomic E-state index is 0.0686. The third-order valence-corrected chi connectivity index (χ3v) is 4.89. The molecule has 1 saturated heterocycles. The summed E-state index contributed by atoms with van der Waals surface area (Å²) >= 11 is 6.20. The number of para-hydroxylation sites is 1. The number of hydrogen-bond donors (Lipinski definition) is 0. The van der Waals surface area contributed by atoms with E-state index in [-0.39, 0.29) is 26.3 Å². The molecule has 0 N–H and O–H groups in total. The molecule has 1 heterocycles. The number of nitro benzene ring substituents is 1. The van der Waals surface area contributed by atoms with E-state index in [0.29, 0.717) is 5.56 Å². The lowest BCUT2D eigenvalue weighted by Gasteiger charge is -2.14. The Labute approximate surface area is 157 Å². The van der Waals surface area contributed by atoms with Gasteiger partial charge in [0.25, 0.3) is 5.91 Å². The van der Waals surface area contributed by atoms with Crippen LogP contribution in [0.15, 0.2) is 47.4 Å². The van der Waals surface area contributed by atoms with Gasteiger partial charge in [-0.05, 0) is 29.8 Å². The maximum atomic E-state index is 14.0. The number of ether oxygens (including phenoxy) is 1. The van der Waals surface area contributed by atoms with Crippen molar-refractivity contribution in [3.05, 3.63) is 68.9 Å². The number of nitro groups is 1. The zero-order chi connectivity index (χ0) is 18.8. The van der Waals surface area contributed by atoms with Gasteiger partial charge in [-0.1, -0.05) is 42.2 Å². The lowest BCUT2D eigenvalue weighted by atomic mass is 10.1. The van der Waals surface area contributed by atoms with Gasteiger partial charge in [0.1, 0.15) is 5.82 Å². The van der Waals surface area contributed by atoms with E-state index in [1.165, 1.54) is 43.5 Å². The molecule has 0 aliphatic carbocycles. The van der Waals surface area contributed by atoms with Crippen LogP contribution in [0, 0.1) is 15.9 Å². The summed E-state index contributed by atoms with van der Waals surface area (Å²) in [6.45, 7) is 0. The third kappa shape index (κ3) is 3.31. The number of carbonyl (C=O) groups is 1. The summed E-state index contributed by atoms with van der Waals surface area (Å²) in [6.07, 6.45) is 1.48. The maximum absolute atomic E-state index is 14.0. The summed E-state index contributed by atoms with van der Waals surface area (Å²) < 4.78 is 19.1. The van der Waals surface area contributed by atoms with Gasteiger partial charge in [0.15, 0.2) is 10.1 Å². The van der Waals surface area contributed by atoms with Crippen molar-refractivity contribution in [1.82, 2.24) is 0 Å². The van der Waals surface area contributed by atoms with Crippen LogP contribution in [0.3, 0.4) is 0 Å². The first-order valence-corrected chi connectivity index (χ1v) is 8.49. The molecule has 1 amide bonds. The molecule has 1 aliphatic heterocycles. The lowest BCUT2D eigenvalue weighted by Crippen LogP contribution is -2.28. The van der Waals surface area contributed by atoms with Gasteiger partial charge in [-0.3, -0.25) is 19.8 Å². The van der Waals surface area contributed by atoms with Gasteiger partial charge >= 0.3 is 5.69 Å². The number of methoxy groups -OCH3 is 1. The monoisotopic (exact) mass is 390 g/mol. The number of thiocarbonyl (C=S) groups is 1. The second-order valence-electron chi connectivity index (χ2n) is 5.16. The second-order valence-corrected chi connectivity index (χ2v) is 6.83. The molecular formula is C17H11FN2O4S2. The van der Waals surface area contributed by atoms with E-state index in [2.05, 4.69) is 0 Å². The minimum Gasteiger partial charge on any atom is -0.490 e. The molecule has 0 saturated carbocycles. The maximum Gasteiger partial charge on any atom is 0.311 e. The van der Waals surface area contributed by atoms with Gasteiger partial charge < -0.3 is 4.74 Å². The lowest BCUT2D eigenvalue weighted by molar-refractivity contribution is -0.385. The van der Waals surface area contributed by atoms with E-state index in [0.717, 1.165) is 16.7 Å². The Hall–Kier alpha value is -2.78. The van der Waals surface area contributed by atoms with E-state index >= 15 is 0 Å². The van der Waals surface area contributed by atoms with Crippen molar-refractivity contribution in [2.75, 3.05) is 12.0 Å². The van der Waals surface area contributed by atoms with E-state index in [1.807, 2.05) is 0 Å². The molecule has 0 spiro atoms. The average Bonchev–Trinajstić information content (AvgIpc) is 2.89. The molecule has 0 atom stereocenters. The summed E-state index contributed by atoms with van der Waals surface area (Å²) in [5.41, 5.74) is 0.288. The highest BCUT2D eigenvalue weighted by Crippen LogP contribution is 2.37. The number of carbonyl (C=O) groups excluding carboxylic acids is 1. The zero-order valence-electron chi connectivity index (χ0n) is 13.3. The molecule has 3 rings (SSSR count). The summed E-state index contributed by atoms with van der Waals surface area (Å²) in [4.78, 5) is 24.6. The standard InChI is InChI=1S/C17H11FN2O4S2/c1-24-14-7-6-10(8-13(14)20(22)23)9-15-16(21)19(17(25)26-15)12-5-3-2-4-11(12)18/h2-9H,1H3/b15-9-. The van der Waals surface area contributed by atoms with Crippen LogP contribution in [0.2, 0.25) is 0 Å². The van der Waals surface area contributed by atoms with Crippen molar-refractivity contribution in [2.45, 2.75) is 0 Å². The Morgan fingerprint density at radius 3 is 2.69 bits per heavy atom. The van der Waals surface area contributed by atoms with Gasteiger partial charge in [0.05, 0.1) is 22.6 Å². The molecule has 0 unspecified atom stereocenters. The van der Waals surface area contributed by atoms with Gasteiger partial charge in [-0.2, -0.15) is 0 Å². The van der Waals surface area contributed by atoms with E-state index in [4.69, 9.17) is 17.0 Å². The molecule has 2 aromatic rings. The molecule has 9 heteroatoms. The number of hydrogen-bond acceptors (Lipinski definition) is 6. The van der Waals surface area contributed by atoms with Gasteiger partial charge in [0, 0.05) is 6.07 Å². The molecule has 1 aliphatic rings. The Kier molecular flexibility index (Phi) is 5.01. The Balaban J connectivity index is 1.97. The number of thioether (sulfide) groups is 1. The van der Waals surface area contributed by atoms with Gasteiger partial charge in [-0.25, -0.2) is 4.39 Å². The topological polar surface area (TPSA) is 72.7 Å². The average molecular weight is 390 g/mol. The third-order valence-electron chi connectivity index (χ3n) is 3.58. The normalized spacial score (nSPS) is 15.6. The molecular weight excluding hydrogens is 379 g/mol. The van der Waals surface area contributed by atoms with Crippen LogP contribution in [0.4, 0.5) is 15.8 Å². The fraction of sp³-hybridized carbons (Fsp3) is 0.0588. The quantitative estimate of drug-likeness (QED) is 0.338. The van der Waals surface area contributed by atoms with Crippen molar-refractivity contribution in [3.8, 4) is 5.75 Å². The second kappa shape index (κ2) is 7.22. The van der Waals surface area contributed by atoms with Crippen molar-refractivity contribution in [1.29, 1.82) is 0 Å². The molecule has 2 aromatic carbocycles. The van der Waals surface area contributed by atoms with Crippen molar-refractivity contribution < 1.29 is 18.8 Å². The fourth-order valence-electron chi connectivity index (χ4n) is 2.40. The predicted octanol–water partition coefficient (Wildman–Crippen LogP) is 4.15. The Bertz CT molecular complexity index is 962. The van der Waals surface area contributed by atoms with E-state index < -0.39 is 16.6 Å². The number of anilines is 1. The van der Waals surface area contributed by atoms with Crippen molar-refractivity contribution in [3.63, 3.8) is 0 Å². The van der Waals surface area contributed by atoms with E-state index in [1.54, 1.807) is 12.1 Å². The first-order valence-electron chi connectivity index (χ1n) is 7.27. The first kappa shape index (κ1) is 18.0. The molecule has 0 bridgehead atoms.